The largest absolute Gasteiger partial charge is 0.460 e. The first-order valence-corrected chi connectivity index (χ1v) is 5.98. The Morgan fingerprint density at radius 2 is 2.11 bits per heavy atom. The quantitative estimate of drug-likeness (QED) is 0.676. The van der Waals surface area contributed by atoms with E-state index in [1.807, 2.05) is 13.8 Å². The van der Waals surface area contributed by atoms with Crippen LogP contribution >= 0.6 is 0 Å². The molecule has 0 amide bonds. The number of nitrogen functional groups attached to an aromatic ring is 1. The summed E-state index contributed by atoms with van der Waals surface area (Å²) in [6, 6.07) is 5.81. The number of fused-ring (bicyclic) bond motifs is 1. The van der Waals surface area contributed by atoms with Crippen LogP contribution in [-0.4, -0.2) is 12.6 Å². The molecule has 0 aliphatic rings. The summed E-state index contributed by atoms with van der Waals surface area (Å²) in [5, 5.41) is 0.348. The third-order valence-corrected chi connectivity index (χ3v) is 2.50. The summed E-state index contributed by atoms with van der Waals surface area (Å²) in [5.41, 5.74) is 6.07. The van der Waals surface area contributed by atoms with Crippen molar-refractivity contribution >= 4 is 22.6 Å². The lowest BCUT2D eigenvalue weighted by molar-refractivity contribution is 0.0423. The van der Waals surface area contributed by atoms with Gasteiger partial charge in [-0.3, -0.25) is 4.79 Å². The fourth-order valence-corrected chi connectivity index (χ4v) is 1.59. The predicted molar refractivity (Wildman–Crippen MR) is 72.0 cm³/mol. The van der Waals surface area contributed by atoms with Gasteiger partial charge in [-0.1, -0.05) is 13.8 Å². The number of anilines is 1. The van der Waals surface area contributed by atoms with Crippen LogP contribution < -0.4 is 11.2 Å². The minimum atomic E-state index is -0.635. The summed E-state index contributed by atoms with van der Waals surface area (Å²) in [4.78, 5) is 23.6. The maximum Gasteiger partial charge on any atom is 0.374 e. The van der Waals surface area contributed by atoms with Crippen molar-refractivity contribution in [3.63, 3.8) is 0 Å². The van der Waals surface area contributed by atoms with Crippen molar-refractivity contribution in [1.29, 1.82) is 0 Å². The number of carbonyl (C=O) groups excluding carboxylic acids is 1. The van der Waals surface area contributed by atoms with Crippen LogP contribution in [0.5, 0.6) is 0 Å². The Hall–Kier alpha value is -2.30. The van der Waals surface area contributed by atoms with Gasteiger partial charge in [0.25, 0.3) is 0 Å². The SMILES string of the molecule is CC(C)COC(=O)c1cc(=O)c2cc(N)ccc2o1. The summed E-state index contributed by atoms with van der Waals surface area (Å²) in [5.74, 6) is -0.511. The Labute approximate surface area is 110 Å². The van der Waals surface area contributed by atoms with Gasteiger partial charge in [0.15, 0.2) is 5.43 Å². The lowest BCUT2D eigenvalue weighted by Crippen LogP contribution is -2.13. The number of carbonyl (C=O) groups is 1. The smallest absolute Gasteiger partial charge is 0.374 e. The zero-order valence-corrected chi connectivity index (χ0v) is 10.8. The van der Waals surface area contributed by atoms with E-state index in [0.717, 1.165) is 6.07 Å². The van der Waals surface area contributed by atoms with Gasteiger partial charge in [0.2, 0.25) is 5.76 Å². The van der Waals surface area contributed by atoms with Gasteiger partial charge < -0.3 is 14.9 Å². The molecular weight excluding hydrogens is 246 g/mol. The number of nitrogens with two attached hydrogens (primary N) is 1. The highest BCUT2D eigenvalue weighted by molar-refractivity contribution is 5.89. The second kappa shape index (κ2) is 5.14. The molecule has 5 nitrogen and oxygen atoms in total. The third-order valence-electron chi connectivity index (χ3n) is 2.50. The molecule has 2 N–H and O–H groups in total. The molecule has 0 atom stereocenters. The number of hydrogen-bond donors (Lipinski definition) is 1. The molecule has 0 spiro atoms. The van der Waals surface area contributed by atoms with Crippen LogP contribution in [0.2, 0.25) is 0 Å². The van der Waals surface area contributed by atoms with Crippen LogP contribution in [-0.2, 0) is 4.74 Å². The van der Waals surface area contributed by atoms with Crippen LogP contribution in [0, 0.1) is 5.92 Å². The minimum absolute atomic E-state index is 0.0945. The molecule has 2 rings (SSSR count). The molecule has 1 aromatic heterocycles. The van der Waals surface area contributed by atoms with Gasteiger partial charge in [0, 0.05) is 11.8 Å². The van der Waals surface area contributed by atoms with E-state index in [2.05, 4.69) is 0 Å². The van der Waals surface area contributed by atoms with Crippen molar-refractivity contribution in [2.45, 2.75) is 13.8 Å². The average Bonchev–Trinajstić information content (AvgIpc) is 2.36. The van der Waals surface area contributed by atoms with Crippen molar-refractivity contribution in [2.24, 2.45) is 5.92 Å². The second-order valence-electron chi connectivity index (χ2n) is 4.72. The highest BCUT2D eigenvalue weighted by atomic mass is 16.5. The molecule has 0 bridgehead atoms. The van der Waals surface area contributed by atoms with Crippen LogP contribution in [0.1, 0.15) is 24.4 Å². The molecule has 0 saturated heterocycles. The molecule has 1 heterocycles. The van der Waals surface area contributed by atoms with E-state index >= 15 is 0 Å². The minimum Gasteiger partial charge on any atom is -0.460 e. The molecule has 19 heavy (non-hydrogen) atoms. The molecule has 0 fully saturated rings. The number of esters is 1. The Balaban J connectivity index is 2.38. The summed E-state index contributed by atoms with van der Waals surface area (Å²) in [6.45, 7) is 4.13. The van der Waals surface area contributed by atoms with E-state index in [1.165, 1.54) is 6.07 Å². The van der Waals surface area contributed by atoms with Crippen LogP contribution in [0.15, 0.2) is 33.5 Å². The zero-order chi connectivity index (χ0) is 14.0. The standard InChI is InChI=1S/C14H15NO4/c1-8(2)7-18-14(17)13-6-11(16)10-5-9(15)3-4-12(10)19-13/h3-6,8H,7,15H2,1-2H3. The van der Waals surface area contributed by atoms with Gasteiger partial charge in [-0.25, -0.2) is 4.79 Å². The number of hydrogen-bond acceptors (Lipinski definition) is 5. The number of benzene rings is 1. The van der Waals surface area contributed by atoms with E-state index in [-0.39, 0.29) is 23.7 Å². The maximum absolute atomic E-state index is 11.9. The maximum atomic E-state index is 11.9. The molecule has 2 aromatic rings. The van der Waals surface area contributed by atoms with Crippen LogP contribution in [0.25, 0.3) is 11.0 Å². The average molecular weight is 261 g/mol. The summed E-state index contributed by atoms with van der Waals surface area (Å²) in [7, 11) is 0. The van der Waals surface area contributed by atoms with Crippen molar-refractivity contribution in [1.82, 2.24) is 0 Å². The van der Waals surface area contributed by atoms with E-state index in [1.54, 1.807) is 12.1 Å². The molecular formula is C14H15NO4. The highest BCUT2D eigenvalue weighted by Crippen LogP contribution is 2.16. The lowest BCUT2D eigenvalue weighted by Gasteiger charge is -2.07. The first-order valence-electron chi connectivity index (χ1n) is 5.98. The zero-order valence-electron chi connectivity index (χ0n) is 10.8. The summed E-state index contributed by atoms with van der Waals surface area (Å²) < 4.78 is 10.4. The fourth-order valence-electron chi connectivity index (χ4n) is 1.59. The van der Waals surface area contributed by atoms with Gasteiger partial charge in [-0.15, -0.1) is 0 Å². The van der Waals surface area contributed by atoms with Gasteiger partial charge in [0.1, 0.15) is 5.58 Å². The Bertz CT molecular complexity index is 673. The Kier molecular flexibility index (Phi) is 3.55. The highest BCUT2D eigenvalue weighted by Gasteiger charge is 2.14. The van der Waals surface area contributed by atoms with Crippen molar-refractivity contribution in [3.05, 3.63) is 40.2 Å². The molecule has 0 aliphatic carbocycles. The first-order chi connectivity index (χ1) is 8.97. The van der Waals surface area contributed by atoms with E-state index in [4.69, 9.17) is 14.9 Å². The molecule has 0 saturated carbocycles. The molecule has 0 radical (unpaired) electrons. The van der Waals surface area contributed by atoms with E-state index in [9.17, 15) is 9.59 Å². The van der Waals surface area contributed by atoms with Gasteiger partial charge in [-0.2, -0.15) is 0 Å². The van der Waals surface area contributed by atoms with Crippen molar-refractivity contribution < 1.29 is 13.9 Å². The summed E-state index contributed by atoms with van der Waals surface area (Å²) in [6.07, 6.45) is 0. The Morgan fingerprint density at radius 1 is 1.37 bits per heavy atom. The summed E-state index contributed by atoms with van der Waals surface area (Å²) >= 11 is 0. The molecule has 1 aromatic carbocycles. The van der Waals surface area contributed by atoms with E-state index in [0.29, 0.717) is 16.7 Å². The first kappa shape index (κ1) is 13.1. The predicted octanol–water partition coefficient (Wildman–Crippen LogP) is 2.19. The van der Waals surface area contributed by atoms with Crippen molar-refractivity contribution in [3.8, 4) is 0 Å². The van der Waals surface area contributed by atoms with Gasteiger partial charge >= 0.3 is 5.97 Å². The third kappa shape index (κ3) is 2.93. The van der Waals surface area contributed by atoms with Crippen LogP contribution in [0.3, 0.4) is 0 Å². The normalized spacial score (nSPS) is 10.9. The lowest BCUT2D eigenvalue weighted by atomic mass is 10.2. The topological polar surface area (TPSA) is 82.5 Å². The molecule has 100 valence electrons. The number of ether oxygens (including phenoxy) is 1. The Morgan fingerprint density at radius 3 is 2.79 bits per heavy atom. The van der Waals surface area contributed by atoms with Gasteiger partial charge in [-0.05, 0) is 24.1 Å². The second-order valence-corrected chi connectivity index (χ2v) is 4.72. The molecule has 5 heteroatoms. The molecule has 0 aliphatic heterocycles. The van der Waals surface area contributed by atoms with Crippen LogP contribution in [0.4, 0.5) is 5.69 Å². The van der Waals surface area contributed by atoms with E-state index < -0.39 is 5.97 Å². The van der Waals surface area contributed by atoms with Crippen molar-refractivity contribution in [2.75, 3.05) is 12.3 Å². The molecule has 0 unspecified atom stereocenters. The number of rotatable bonds is 3. The monoisotopic (exact) mass is 261 g/mol. The van der Waals surface area contributed by atoms with Gasteiger partial charge in [0.05, 0.1) is 12.0 Å². The fraction of sp³-hybridized carbons (Fsp3) is 0.286.